The fourth-order valence-corrected chi connectivity index (χ4v) is 2.54. The highest BCUT2D eigenvalue weighted by molar-refractivity contribution is 5.77. The minimum Gasteiger partial charge on any atom is -0.369 e. The predicted octanol–water partition coefficient (Wildman–Crippen LogP) is 1.19. The standard InChI is InChI=1S/C14H22N4O/c1-9-3-4-11(14(16)19)8-18(9)12-5-6-13(10(2)15)17-7-12/h5-7,9-11H,3-4,8,15H2,1-2H3,(H2,16,19)/t9?,10-,11?/m0/s1. The summed E-state index contributed by atoms with van der Waals surface area (Å²) in [5.41, 5.74) is 13.1. The second-order valence-corrected chi connectivity index (χ2v) is 5.41. The molecule has 0 bridgehead atoms. The van der Waals surface area contributed by atoms with Crippen molar-refractivity contribution >= 4 is 11.6 Å². The lowest BCUT2D eigenvalue weighted by molar-refractivity contribution is -0.122. The lowest BCUT2D eigenvalue weighted by Crippen LogP contribution is -2.46. The van der Waals surface area contributed by atoms with E-state index in [0.29, 0.717) is 12.6 Å². The summed E-state index contributed by atoms with van der Waals surface area (Å²) in [6.45, 7) is 4.75. The summed E-state index contributed by atoms with van der Waals surface area (Å²) in [6.07, 6.45) is 3.68. The highest BCUT2D eigenvalue weighted by Crippen LogP contribution is 2.27. The van der Waals surface area contributed by atoms with Gasteiger partial charge >= 0.3 is 0 Å². The molecule has 1 aliphatic heterocycles. The molecule has 1 aliphatic rings. The van der Waals surface area contributed by atoms with Gasteiger partial charge in [0.15, 0.2) is 0 Å². The molecule has 1 amide bonds. The van der Waals surface area contributed by atoms with Crippen LogP contribution >= 0.6 is 0 Å². The SMILES string of the molecule is CC1CCC(C(N)=O)CN1c1ccc([C@H](C)N)nc1. The lowest BCUT2D eigenvalue weighted by Gasteiger charge is -2.38. The first kappa shape index (κ1) is 13.8. The van der Waals surface area contributed by atoms with Crippen molar-refractivity contribution in [1.29, 1.82) is 0 Å². The number of amides is 1. The number of primary amides is 1. The van der Waals surface area contributed by atoms with Crippen molar-refractivity contribution in [3.05, 3.63) is 24.0 Å². The predicted molar refractivity (Wildman–Crippen MR) is 75.6 cm³/mol. The Kier molecular flexibility index (Phi) is 4.04. The third-order valence-electron chi connectivity index (χ3n) is 3.85. The molecule has 0 aliphatic carbocycles. The van der Waals surface area contributed by atoms with Gasteiger partial charge in [-0.25, -0.2) is 0 Å². The van der Waals surface area contributed by atoms with Gasteiger partial charge in [0.1, 0.15) is 0 Å². The number of nitrogens with two attached hydrogens (primary N) is 2. The summed E-state index contributed by atoms with van der Waals surface area (Å²) in [5, 5.41) is 0. The summed E-state index contributed by atoms with van der Waals surface area (Å²) in [5.74, 6) is -0.277. The van der Waals surface area contributed by atoms with Crippen LogP contribution in [0.1, 0.15) is 38.4 Å². The quantitative estimate of drug-likeness (QED) is 0.857. The van der Waals surface area contributed by atoms with Gasteiger partial charge in [0, 0.05) is 18.6 Å². The van der Waals surface area contributed by atoms with E-state index in [1.165, 1.54) is 0 Å². The number of piperidine rings is 1. The Morgan fingerprint density at radius 2 is 2.21 bits per heavy atom. The van der Waals surface area contributed by atoms with Crippen molar-refractivity contribution in [2.75, 3.05) is 11.4 Å². The Balaban J connectivity index is 2.16. The maximum atomic E-state index is 11.3. The Labute approximate surface area is 114 Å². The number of hydrogen-bond donors (Lipinski definition) is 2. The Bertz CT molecular complexity index is 443. The normalized spacial score (nSPS) is 25.1. The van der Waals surface area contributed by atoms with Crippen LogP contribution in [0.15, 0.2) is 18.3 Å². The second kappa shape index (κ2) is 5.57. The molecule has 0 spiro atoms. The molecule has 1 aromatic heterocycles. The van der Waals surface area contributed by atoms with Crippen LogP contribution in [0.4, 0.5) is 5.69 Å². The second-order valence-electron chi connectivity index (χ2n) is 5.41. The molecule has 0 aromatic carbocycles. The van der Waals surface area contributed by atoms with E-state index >= 15 is 0 Å². The molecule has 5 heteroatoms. The maximum Gasteiger partial charge on any atom is 0.222 e. The topological polar surface area (TPSA) is 85.2 Å². The molecule has 19 heavy (non-hydrogen) atoms. The van der Waals surface area contributed by atoms with Gasteiger partial charge in [-0.15, -0.1) is 0 Å². The number of hydrogen-bond acceptors (Lipinski definition) is 4. The summed E-state index contributed by atoms with van der Waals surface area (Å²) in [7, 11) is 0. The van der Waals surface area contributed by atoms with Crippen LogP contribution in [-0.4, -0.2) is 23.5 Å². The van der Waals surface area contributed by atoms with E-state index in [1.807, 2.05) is 25.3 Å². The van der Waals surface area contributed by atoms with Crippen LogP contribution in [0.3, 0.4) is 0 Å². The highest BCUT2D eigenvalue weighted by atomic mass is 16.1. The van der Waals surface area contributed by atoms with Gasteiger partial charge in [0.05, 0.1) is 23.5 Å². The molecule has 1 aromatic rings. The molecule has 1 saturated heterocycles. The van der Waals surface area contributed by atoms with Crippen molar-refractivity contribution in [1.82, 2.24) is 4.98 Å². The lowest BCUT2D eigenvalue weighted by atomic mass is 9.92. The van der Waals surface area contributed by atoms with Crippen LogP contribution in [0.25, 0.3) is 0 Å². The molecular formula is C14H22N4O. The van der Waals surface area contributed by atoms with Crippen molar-refractivity contribution in [2.24, 2.45) is 17.4 Å². The number of pyridine rings is 1. The first-order chi connectivity index (χ1) is 8.99. The summed E-state index contributed by atoms with van der Waals surface area (Å²) in [6, 6.07) is 4.30. The molecule has 3 atom stereocenters. The number of carbonyl (C=O) groups excluding carboxylic acids is 1. The molecule has 2 heterocycles. The minimum absolute atomic E-state index is 0.0637. The van der Waals surface area contributed by atoms with E-state index in [1.54, 1.807) is 0 Å². The fraction of sp³-hybridized carbons (Fsp3) is 0.571. The number of carbonyl (C=O) groups is 1. The molecule has 5 nitrogen and oxygen atoms in total. The van der Waals surface area contributed by atoms with Crippen LogP contribution in [-0.2, 0) is 4.79 Å². The number of nitrogens with zero attached hydrogens (tertiary/aromatic N) is 2. The number of anilines is 1. The van der Waals surface area contributed by atoms with Crippen LogP contribution in [0.2, 0.25) is 0 Å². The minimum atomic E-state index is -0.211. The van der Waals surface area contributed by atoms with Crippen molar-refractivity contribution in [3.63, 3.8) is 0 Å². The third kappa shape index (κ3) is 3.04. The zero-order valence-corrected chi connectivity index (χ0v) is 11.5. The first-order valence-electron chi connectivity index (χ1n) is 6.76. The van der Waals surface area contributed by atoms with E-state index in [9.17, 15) is 4.79 Å². The smallest absolute Gasteiger partial charge is 0.222 e. The van der Waals surface area contributed by atoms with Gasteiger partial charge in [-0.05, 0) is 38.8 Å². The molecule has 2 unspecified atom stereocenters. The summed E-state index contributed by atoms with van der Waals surface area (Å²) in [4.78, 5) is 17.9. The molecular weight excluding hydrogens is 240 g/mol. The molecule has 4 N–H and O–H groups in total. The number of rotatable bonds is 3. The van der Waals surface area contributed by atoms with Gasteiger partial charge in [0.25, 0.3) is 0 Å². The molecule has 2 rings (SSSR count). The van der Waals surface area contributed by atoms with E-state index in [-0.39, 0.29) is 17.9 Å². The average molecular weight is 262 g/mol. The van der Waals surface area contributed by atoms with E-state index in [4.69, 9.17) is 11.5 Å². The zero-order valence-electron chi connectivity index (χ0n) is 11.5. The highest BCUT2D eigenvalue weighted by Gasteiger charge is 2.28. The average Bonchev–Trinajstić information content (AvgIpc) is 2.39. The van der Waals surface area contributed by atoms with Crippen LogP contribution in [0, 0.1) is 5.92 Å². The van der Waals surface area contributed by atoms with Crippen molar-refractivity contribution in [2.45, 2.75) is 38.8 Å². The number of aromatic nitrogens is 1. The Morgan fingerprint density at radius 3 is 2.74 bits per heavy atom. The van der Waals surface area contributed by atoms with Crippen molar-refractivity contribution < 1.29 is 4.79 Å². The van der Waals surface area contributed by atoms with Gasteiger partial charge in [-0.2, -0.15) is 0 Å². The summed E-state index contributed by atoms with van der Waals surface area (Å²) < 4.78 is 0. The Morgan fingerprint density at radius 1 is 1.47 bits per heavy atom. The van der Waals surface area contributed by atoms with Crippen LogP contribution in [0.5, 0.6) is 0 Å². The monoisotopic (exact) mass is 262 g/mol. The van der Waals surface area contributed by atoms with E-state index in [2.05, 4.69) is 16.8 Å². The van der Waals surface area contributed by atoms with E-state index in [0.717, 1.165) is 24.2 Å². The van der Waals surface area contributed by atoms with Crippen LogP contribution < -0.4 is 16.4 Å². The van der Waals surface area contributed by atoms with Gasteiger partial charge < -0.3 is 16.4 Å². The van der Waals surface area contributed by atoms with Crippen molar-refractivity contribution in [3.8, 4) is 0 Å². The van der Waals surface area contributed by atoms with E-state index < -0.39 is 0 Å². The molecule has 1 fully saturated rings. The van der Waals surface area contributed by atoms with Gasteiger partial charge in [0.2, 0.25) is 5.91 Å². The zero-order chi connectivity index (χ0) is 14.0. The van der Waals surface area contributed by atoms with Gasteiger partial charge in [-0.3, -0.25) is 9.78 Å². The molecule has 0 radical (unpaired) electrons. The molecule has 104 valence electrons. The first-order valence-corrected chi connectivity index (χ1v) is 6.76. The summed E-state index contributed by atoms with van der Waals surface area (Å²) >= 11 is 0. The van der Waals surface area contributed by atoms with Gasteiger partial charge in [-0.1, -0.05) is 0 Å². The third-order valence-corrected chi connectivity index (χ3v) is 3.85. The fourth-order valence-electron chi connectivity index (χ4n) is 2.54. The largest absolute Gasteiger partial charge is 0.369 e. The molecule has 0 saturated carbocycles. The Hall–Kier alpha value is -1.62. The maximum absolute atomic E-state index is 11.3.